The van der Waals surface area contributed by atoms with E-state index in [2.05, 4.69) is 20.7 Å². The second kappa shape index (κ2) is 9.08. The lowest BCUT2D eigenvalue weighted by Crippen LogP contribution is -2.49. The van der Waals surface area contributed by atoms with Crippen LogP contribution in [-0.4, -0.2) is 57.5 Å². The second-order valence-corrected chi connectivity index (χ2v) is 11.9. The highest BCUT2D eigenvalue weighted by molar-refractivity contribution is 7.85. The van der Waals surface area contributed by atoms with Crippen LogP contribution in [0.1, 0.15) is 38.5 Å². The fourth-order valence-corrected chi connectivity index (χ4v) is 6.03. The van der Waals surface area contributed by atoms with Gasteiger partial charge in [0.15, 0.2) is 0 Å². The van der Waals surface area contributed by atoms with Crippen LogP contribution in [0.4, 0.5) is 26.0 Å². The molecule has 7 nitrogen and oxygen atoms in total. The number of nitrogens with zero attached hydrogens (tertiary/aromatic N) is 4. The van der Waals surface area contributed by atoms with Crippen molar-refractivity contribution in [3.8, 4) is 22.8 Å². The molecule has 0 bridgehead atoms. The van der Waals surface area contributed by atoms with Gasteiger partial charge in [-0.3, -0.25) is 0 Å². The van der Waals surface area contributed by atoms with Crippen molar-refractivity contribution in [3.05, 3.63) is 42.6 Å². The first kappa shape index (κ1) is 24.3. The number of aromatic amines is 1. The Balaban J connectivity index is 1.27. The van der Waals surface area contributed by atoms with Crippen molar-refractivity contribution in [2.75, 3.05) is 40.9 Å². The molecule has 3 fully saturated rings. The number of pyridine rings is 1. The zero-order chi connectivity index (χ0) is 25.8. The molecule has 37 heavy (non-hydrogen) atoms. The molecule has 2 aliphatic carbocycles. The Labute approximate surface area is 218 Å². The number of halogens is 2. The molecule has 1 aromatic carbocycles. The molecule has 2 N–H and O–H groups in total. The number of anilines is 3. The number of aromatic nitrogens is 3. The number of benzene rings is 1. The second-order valence-electron chi connectivity index (χ2n) is 10.8. The van der Waals surface area contributed by atoms with Crippen LogP contribution in [0.25, 0.3) is 22.8 Å². The molecule has 6 rings (SSSR count). The summed E-state index contributed by atoms with van der Waals surface area (Å²) < 4.78 is 41.6. The van der Waals surface area contributed by atoms with E-state index in [0.29, 0.717) is 16.9 Å². The largest absolute Gasteiger partial charge is 0.371 e. The van der Waals surface area contributed by atoms with E-state index in [1.165, 1.54) is 25.7 Å². The van der Waals surface area contributed by atoms with E-state index >= 15 is 0 Å². The maximum atomic E-state index is 13.4. The Kier molecular flexibility index (Phi) is 5.97. The van der Waals surface area contributed by atoms with Gasteiger partial charge in [-0.1, -0.05) is 6.07 Å². The fourth-order valence-electron chi connectivity index (χ4n) is 5.57. The number of H-pyrrole nitrogens is 1. The summed E-state index contributed by atoms with van der Waals surface area (Å²) in [5.74, 6) is -1.17. The van der Waals surface area contributed by atoms with Crippen LogP contribution < -0.4 is 14.5 Å². The Morgan fingerprint density at radius 1 is 1.14 bits per heavy atom. The third-order valence-corrected chi connectivity index (χ3v) is 8.72. The normalized spacial score (nSPS) is 20.9. The van der Waals surface area contributed by atoms with Crippen molar-refractivity contribution in [2.45, 2.75) is 50.5 Å². The summed E-state index contributed by atoms with van der Waals surface area (Å²) in [4.78, 5) is 17.1. The van der Waals surface area contributed by atoms with E-state index in [1.54, 1.807) is 12.5 Å². The molecule has 0 radical (unpaired) electrons. The third kappa shape index (κ3) is 4.95. The van der Waals surface area contributed by atoms with Gasteiger partial charge in [0.25, 0.3) is 5.92 Å². The van der Waals surface area contributed by atoms with E-state index in [4.69, 9.17) is 9.97 Å². The minimum Gasteiger partial charge on any atom is -0.371 e. The van der Waals surface area contributed by atoms with E-state index < -0.39 is 16.9 Å². The SMILES string of the molecule is CN(c1cccc(-c2cnc(-c3ccc(NS(C)=O)cc3N3CCC4(CC3)CC4)[nH]2)n1)C1CC(F)(F)C1. The molecule has 196 valence electrons. The number of piperidine rings is 1. The highest BCUT2D eigenvalue weighted by atomic mass is 32.2. The maximum absolute atomic E-state index is 13.4. The molecule has 1 unspecified atom stereocenters. The van der Waals surface area contributed by atoms with Crippen molar-refractivity contribution in [3.63, 3.8) is 0 Å². The molecule has 1 spiro atoms. The Bertz CT molecular complexity index is 1320. The van der Waals surface area contributed by atoms with Crippen molar-refractivity contribution in [1.82, 2.24) is 15.0 Å². The average Bonchev–Trinajstić information content (AvgIpc) is 3.42. The summed E-state index contributed by atoms with van der Waals surface area (Å²) in [7, 11) is 0.659. The van der Waals surface area contributed by atoms with Crippen LogP contribution in [0.3, 0.4) is 0 Å². The molecule has 3 aliphatic rings. The van der Waals surface area contributed by atoms with Crippen LogP contribution >= 0.6 is 0 Å². The van der Waals surface area contributed by atoms with Crippen LogP contribution in [0, 0.1) is 5.41 Å². The number of alkyl halides is 2. The monoisotopic (exact) mass is 526 g/mol. The number of nitrogens with one attached hydrogen (secondary N) is 2. The number of hydrogen-bond acceptors (Lipinski definition) is 5. The van der Waals surface area contributed by atoms with Gasteiger partial charge in [-0.05, 0) is 61.4 Å². The number of imidazole rings is 1. The molecule has 1 atom stereocenters. The summed E-state index contributed by atoms with van der Waals surface area (Å²) in [5.41, 5.74) is 4.91. The molecule has 2 aromatic heterocycles. The quantitative estimate of drug-likeness (QED) is 0.428. The zero-order valence-electron chi connectivity index (χ0n) is 21.1. The molecule has 2 saturated carbocycles. The smallest absolute Gasteiger partial charge is 0.252 e. The topological polar surface area (TPSA) is 77.2 Å². The summed E-state index contributed by atoms with van der Waals surface area (Å²) in [5, 5.41) is 0. The number of hydrogen-bond donors (Lipinski definition) is 2. The highest BCUT2D eigenvalue weighted by Gasteiger charge is 2.47. The molecule has 0 amide bonds. The van der Waals surface area contributed by atoms with E-state index in [9.17, 15) is 13.0 Å². The zero-order valence-corrected chi connectivity index (χ0v) is 22.0. The van der Waals surface area contributed by atoms with Crippen molar-refractivity contribution in [1.29, 1.82) is 0 Å². The van der Waals surface area contributed by atoms with Gasteiger partial charge in [0, 0.05) is 62.2 Å². The van der Waals surface area contributed by atoms with Gasteiger partial charge < -0.3 is 19.5 Å². The lowest BCUT2D eigenvalue weighted by molar-refractivity contribution is -0.0850. The first-order chi connectivity index (χ1) is 17.7. The van der Waals surface area contributed by atoms with Crippen LogP contribution in [0.2, 0.25) is 0 Å². The van der Waals surface area contributed by atoms with E-state index in [1.807, 2.05) is 42.3 Å². The Morgan fingerprint density at radius 3 is 2.57 bits per heavy atom. The highest BCUT2D eigenvalue weighted by Crippen LogP contribution is 2.54. The first-order valence-electron chi connectivity index (χ1n) is 12.8. The molecule has 10 heteroatoms. The van der Waals surface area contributed by atoms with Gasteiger partial charge in [-0.2, -0.15) is 0 Å². The maximum Gasteiger partial charge on any atom is 0.252 e. The summed E-state index contributed by atoms with van der Waals surface area (Å²) in [6.07, 6.45) is 8.20. The van der Waals surface area contributed by atoms with Crippen LogP contribution in [0.15, 0.2) is 42.6 Å². The fraction of sp³-hybridized carbons (Fsp3) is 0.481. The van der Waals surface area contributed by atoms with E-state index in [0.717, 1.165) is 41.5 Å². The average molecular weight is 527 g/mol. The summed E-state index contributed by atoms with van der Waals surface area (Å²) >= 11 is 0. The van der Waals surface area contributed by atoms with Crippen LogP contribution in [-0.2, 0) is 11.0 Å². The van der Waals surface area contributed by atoms with Gasteiger partial charge in [-0.25, -0.2) is 23.0 Å². The lowest BCUT2D eigenvalue weighted by Gasteiger charge is -2.41. The molecule has 1 saturated heterocycles. The number of rotatable bonds is 7. The standard InChI is InChI=1S/C27H32F2N6OS/c1-34(19-15-27(28,29)16-19)24-5-3-4-21(31-24)22-17-30-25(32-22)20-7-6-18(33-37(2)36)14-23(20)35-12-10-26(8-9-26)11-13-35/h3-7,14,17,19,33H,8-13,15-16H2,1-2H3,(H,30,32). The minimum absolute atomic E-state index is 0.138. The lowest BCUT2D eigenvalue weighted by atomic mass is 9.87. The van der Waals surface area contributed by atoms with Gasteiger partial charge in [-0.15, -0.1) is 0 Å². The van der Waals surface area contributed by atoms with Crippen molar-refractivity contribution in [2.24, 2.45) is 5.41 Å². The Hall–Kier alpha value is -3.01. The third-order valence-electron chi connectivity index (χ3n) is 8.20. The van der Waals surface area contributed by atoms with Gasteiger partial charge in [0.1, 0.15) is 22.6 Å². The molecular formula is C27H32F2N6OS. The van der Waals surface area contributed by atoms with Crippen molar-refractivity contribution < 1.29 is 13.0 Å². The predicted molar refractivity (Wildman–Crippen MR) is 144 cm³/mol. The van der Waals surface area contributed by atoms with Gasteiger partial charge in [0.2, 0.25) is 0 Å². The van der Waals surface area contributed by atoms with Gasteiger partial charge in [0.05, 0.1) is 17.6 Å². The molecule has 3 heterocycles. The molecule has 1 aliphatic heterocycles. The molecule has 3 aromatic rings. The van der Waals surface area contributed by atoms with E-state index in [-0.39, 0.29) is 18.9 Å². The minimum atomic E-state index is -2.57. The summed E-state index contributed by atoms with van der Waals surface area (Å²) in [6.45, 7) is 1.99. The van der Waals surface area contributed by atoms with Crippen LogP contribution in [0.5, 0.6) is 0 Å². The first-order valence-corrected chi connectivity index (χ1v) is 14.4. The summed E-state index contributed by atoms with van der Waals surface area (Å²) in [6, 6.07) is 11.4. The molecular weight excluding hydrogens is 494 g/mol. The predicted octanol–water partition coefficient (Wildman–Crippen LogP) is 5.46. The Morgan fingerprint density at radius 2 is 1.89 bits per heavy atom. The van der Waals surface area contributed by atoms with Gasteiger partial charge >= 0.3 is 0 Å². The van der Waals surface area contributed by atoms with Crippen molar-refractivity contribution >= 4 is 28.2 Å².